The molecule has 26 heavy (non-hydrogen) atoms. The molecule has 1 N–H and O–H groups in total. The van der Waals surface area contributed by atoms with Crippen molar-refractivity contribution in [1.82, 2.24) is 10.2 Å². The van der Waals surface area contributed by atoms with Crippen molar-refractivity contribution in [2.75, 3.05) is 6.54 Å². The highest BCUT2D eigenvalue weighted by Gasteiger charge is 2.25. The van der Waals surface area contributed by atoms with Gasteiger partial charge in [0, 0.05) is 18.1 Å². The van der Waals surface area contributed by atoms with E-state index in [4.69, 9.17) is 11.6 Å². The molecular formula is C21H25ClN2O2. The fourth-order valence-electron chi connectivity index (χ4n) is 2.67. The van der Waals surface area contributed by atoms with Crippen LogP contribution in [-0.4, -0.2) is 29.3 Å². The smallest absolute Gasteiger partial charge is 0.242 e. The molecule has 2 aromatic carbocycles. The first-order valence-corrected chi connectivity index (χ1v) is 9.15. The van der Waals surface area contributed by atoms with Gasteiger partial charge in [0.1, 0.15) is 6.04 Å². The summed E-state index contributed by atoms with van der Waals surface area (Å²) in [6.45, 7) is 6.52. The molecule has 0 unspecified atom stereocenters. The fraction of sp³-hybridized carbons (Fsp3) is 0.333. The van der Waals surface area contributed by atoms with E-state index in [1.807, 2.05) is 50.2 Å². The van der Waals surface area contributed by atoms with Crippen molar-refractivity contribution in [2.24, 2.45) is 0 Å². The van der Waals surface area contributed by atoms with Gasteiger partial charge in [0.25, 0.3) is 0 Å². The number of nitrogens with zero attached hydrogens (tertiary/aromatic N) is 1. The Labute approximate surface area is 160 Å². The summed E-state index contributed by atoms with van der Waals surface area (Å²) < 4.78 is 0. The van der Waals surface area contributed by atoms with Crippen LogP contribution in [0.15, 0.2) is 48.5 Å². The van der Waals surface area contributed by atoms with Crippen LogP contribution in [0.3, 0.4) is 0 Å². The molecule has 0 saturated heterocycles. The zero-order chi connectivity index (χ0) is 19.1. The lowest BCUT2D eigenvalue weighted by Crippen LogP contribution is -2.48. The summed E-state index contributed by atoms with van der Waals surface area (Å²) in [5.41, 5.74) is 3.02. The molecule has 0 bridgehead atoms. The summed E-state index contributed by atoms with van der Waals surface area (Å²) in [5.74, 6) is -0.235. The van der Waals surface area contributed by atoms with E-state index in [-0.39, 0.29) is 18.2 Å². The number of nitrogens with one attached hydrogen (secondary N) is 1. The number of halogens is 1. The van der Waals surface area contributed by atoms with Gasteiger partial charge < -0.3 is 10.2 Å². The van der Waals surface area contributed by atoms with Crippen LogP contribution in [0, 0.1) is 6.92 Å². The average molecular weight is 373 g/mol. The number of carbonyl (C=O) groups is 2. The minimum Gasteiger partial charge on any atom is -0.355 e. The van der Waals surface area contributed by atoms with Gasteiger partial charge in [0.2, 0.25) is 11.8 Å². The average Bonchev–Trinajstić information content (AvgIpc) is 2.62. The fourth-order valence-corrected chi connectivity index (χ4v) is 2.80. The predicted octanol–water partition coefficient (Wildman–Crippen LogP) is 3.74. The second-order valence-corrected chi connectivity index (χ2v) is 6.82. The number of hydrogen-bond acceptors (Lipinski definition) is 2. The van der Waals surface area contributed by atoms with Crippen LogP contribution in [0.25, 0.3) is 0 Å². The Kier molecular flexibility index (Phi) is 7.22. The molecule has 2 amide bonds. The van der Waals surface area contributed by atoms with E-state index >= 15 is 0 Å². The Morgan fingerprint density at radius 1 is 1.04 bits per heavy atom. The van der Waals surface area contributed by atoms with Crippen LogP contribution in [-0.2, 0) is 22.6 Å². The molecule has 138 valence electrons. The van der Waals surface area contributed by atoms with Crippen molar-refractivity contribution in [3.8, 4) is 0 Å². The lowest BCUT2D eigenvalue weighted by Gasteiger charge is -2.29. The molecule has 4 nitrogen and oxygen atoms in total. The van der Waals surface area contributed by atoms with E-state index in [2.05, 4.69) is 5.32 Å². The number of rotatable bonds is 7. The number of hydrogen-bond donors (Lipinski definition) is 1. The van der Waals surface area contributed by atoms with Gasteiger partial charge in [-0.2, -0.15) is 0 Å². The van der Waals surface area contributed by atoms with Crippen LogP contribution < -0.4 is 5.32 Å². The SMILES string of the molecule is CCNC(=O)[C@H](C)N(Cc1ccc(Cl)cc1)C(=O)Cc1ccc(C)cc1. The molecular weight excluding hydrogens is 348 g/mol. The van der Waals surface area contributed by atoms with E-state index in [9.17, 15) is 9.59 Å². The van der Waals surface area contributed by atoms with Crippen molar-refractivity contribution in [2.45, 2.75) is 39.8 Å². The standard InChI is InChI=1S/C21H25ClN2O2/c1-4-23-21(26)16(3)24(14-18-9-11-19(22)12-10-18)20(25)13-17-7-5-15(2)6-8-17/h5-12,16H,4,13-14H2,1-3H3,(H,23,26)/t16-/m0/s1. The minimum absolute atomic E-state index is 0.0810. The molecule has 1 atom stereocenters. The van der Waals surface area contributed by atoms with Crippen molar-refractivity contribution in [3.05, 3.63) is 70.2 Å². The van der Waals surface area contributed by atoms with Gasteiger partial charge in [0.15, 0.2) is 0 Å². The molecule has 0 aliphatic heterocycles. The molecule has 0 saturated carbocycles. The number of amides is 2. The minimum atomic E-state index is -0.552. The summed E-state index contributed by atoms with van der Waals surface area (Å²) in [7, 11) is 0. The predicted molar refractivity (Wildman–Crippen MR) is 105 cm³/mol. The van der Waals surface area contributed by atoms with Crippen molar-refractivity contribution >= 4 is 23.4 Å². The first kappa shape index (κ1) is 20.0. The summed E-state index contributed by atoms with van der Waals surface area (Å²) in [4.78, 5) is 26.9. The lowest BCUT2D eigenvalue weighted by molar-refractivity contribution is -0.140. The normalized spacial score (nSPS) is 11.7. The molecule has 5 heteroatoms. The maximum Gasteiger partial charge on any atom is 0.242 e. The highest BCUT2D eigenvalue weighted by atomic mass is 35.5. The largest absolute Gasteiger partial charge is 0.355 e. The molecule has 0 heterocycles. The van der Waals surface area contributed by atoms with Gasteiger partial charge in [-0.1, -0.05) is 53.6 Å². The van der Waals surface area contributed by atoms with Gasteiger partial charge in [-0.05, 0) is 44.0 Å². The van der Waals surface area contributed by atoms with Gasteiger partial charge in [-0.3, -0.25) is 9.59 Å². The van der Waals surface area contributed by atoms with E-state index in [1.54, 1.807) is 24.0 Å². The van der Waals surface area contributed by atoms with Gasteiger partial charge in [0.05, 0.1) is 6.42 Å². The molecule has 0 spiro atoms. The maximum atomic E-state index is 12.9. The highest BCUT2D eigenvalue weighted by Crippen LogP contribution is 2.15. The number of likely N-dealkylation sites (N-methyl/N-ethyl adjacent to an activating group) is 1. The summed E-state index contributed by atoms with van der Waals surface area (Å²) in [5, 5.41) is 3.43. The molecule has 2 aromatic rings. The number of benzene rings is 2. The van der Waals surface area contributed by atoms with E-state index in [0.29, 0.717) is 18.1 Å². The van der Waals surface area contributed by atoms with Crippen molar-refractivity contribution < 1.29 is 9.59 Å². The first-order chi connectivity index (χ1) is 12.4. The molecule has 2 rings (SSSR count). The van der Waals surface area contributed by atoms with E-state index < -0.39 is 6.04 Å². The lowest BCUT2D eigenvalue weighted by atomic mass is 10.1. The topological polar surface area (TPSA) is 49.4 Å². The summed E-state index contributed by atoms with van der Waals surface area (Å²) >= 11 is 5.94. The van der Waals surface area contributed by atoms with Crippen LogP contribution >= 0.6 is 11.6 Å². The Bertz CT molecular complexity index is 742. The third-order valence-electron chi connectivity index (χ3n) is 4.26. The molecule has 0 aliphatic rings. The second kappa shape index (κ2) is 9.39. The quantitative estimate of drug-likeness (QED) is 0.804. The summed E-state index contributed by atoms with van der Waals surface area (Å²) in [6.07, 6.45) is 0.262. The van der Waals surface area contributed by atoms with Crippen molar-refractivity contribution in [1.29, 1.82) is 0 Å². The third-order valence-corrected chi connectivity index (χ3v) is 4.51. The monoisotopic (exact) mass is 372 g/mol. The molecule has 0 aromatic heterocycles. The summed E-state index contributed by atoms with van der Waals surface area (Å²) in [6, 6.07) is 14.6. The van der Waals surface area contributed by atoms with Gasteiger partial charge in [-0.15, -0.1) is 0 Å². The first-order valence-electron chi connectivity index (χ1n) is 8.78. The van der Waals surface area contributed by atoms with E-state index in [1.165, 1.54) is 0 Å². The van der Waals surface area contributed by atoms with Crippen LogP contribution in [0.5, 0.6) is 0 Å². The number of carbonyl (C=O) groups excluding carboxylic acids is 2. The zero-order valence-corrected chi connectivity index (χ0v) is 16.2. The Hall–Kier alpha value is -2.33. The van der Waals surface area contributed by atoms with Crippen LogP contribution in [0.1, 0.15) is 30.5 Å². The van der Waals surface area contributed by atoms with Gasteiger partial charge in [-0.25, -0.2) is 0 Å². The van der Waals surface area contributed by atoms with Crippen molar-refractivity contribution in [3.63, 3.8) is 0 Å². The third kappa shape index (κ3) is 5.60. The van der Waals surface area contributed by atoms with Crippen LogP contribution in [0.2, 0.25) is 5.02 Å². The Morgan fingerprint density at radius 2 is 1.62 bits per heavy atom. The van der Waals surface area contributed by atoms with E-state index in [0.717, 1.165) is 16.7 Å². The molecule has 0 fully saturated rings. The molecule has 0 aliphatic carbocycles. The molecule has 0 radical (unpaired) electrons. The zero-order valence-electron chi connectivity index (χ0n) is 15.5. The Balaban J connectivity index is 2.20. The van der Waals surface area contributed by atoms with Gasteiger partial charge >= 0.3 is 0 Å². The van der Waals surface area contributed by atoms with Crippen LogP contribution in [0.4, 0.5) is 0 Å². The maximum absolute atomic E-state index is 12.9. The highest BCUT2D eigenvalue weighted by molar-refractivity contribution is 6.30. The second-order valence-electron chi connectivity index (χ2n) is 6.38. The number of aryl methyl sites for hydroxylation is 1. The Morgan fingerprint density at radius 3 is 2.19 bits per heavy atom.